The Balaban J connectivity index is 2.79. The molecule has 1 aliphatic heterocycles. The van der Waals surface area contributed by atoms with Crippen molar-refractivity contribution in [1.29, 1.82) is 0 Å². The summed E-state index contributed by atoms with van der Waals surface area (Å²) >= 11 is 0. The van der Waals surface area contributed by atoms with Gasteiger partial charge in [0.15, 0.2) is 0 Å². The number of piperidine rings is 1. The summed E-state index contributed by atoms with van der Waals surface area (Å²) in [6.45, 7) is 9.22. The smallest absolute Gasteiger partial charge is 0.217 e. The molecular weight excluding hydrogens is 192 g/mol. The number of nitrogens with zero attached hydrogens (tertiary/aromatic N) is 1. The topological polar surface area (TPSA) is 52.2 Å². The van der Waals surface area contributed by atoms with Gasteiger partial charge in [-0.2, -0.15) is 0 Å². The standard InChI is InChI=1S/C11H21N2O2/c1-8(14)12-9-6-10(2,3)13(15)11(4,5)7-9/h9H,6-7H2,1-5H3,(H,12,14). The second-order valence-corrected chi connectivity index (χ2v) is 5.72. The molecule has 0 spiro atoms. The summed E-state index contributed by atoms with van der Waals surface area (Å²) in [5, 5.41) is 16.1. The molecule has 4 heteroatoms. The highest BCUT2D eigenvalue weighted by atomic mass is 16.5. The van der Waals surface area contributed by atoms with Crippen molar-refractivity contribution in [2.24, 2.45) is 0 Å². The van der Waals surface area contributed by atoms with Gasteiger partial charge in [-0.15, -0.1) is 10.3 Å². The summed E-state index contributed by atoms with van der Waals surface area (Å²) in [6.07, 6.45) is 1.42. The van der Waals surface area contributed by atoms with Crippen molar-refractivity contribution in [2.45, 2.75) is 64.6 Å². The van der Waals surface area contributed by atoms with Gasteiger partial charge in [0.05, 0.1) is 0 Å². The lowest BCUT2D eigenvalue weighted by molar-refractivity contribution is -0.290. The molecule has 0 atom stereocenters. The van der Waals surface area contributed by atoms with E-state index >= 15 is 0 Å². The lowest BCUT2D eigenvalue weighted by Crippen LogP contribution is -2.62. The maximum Gasteiger partial charge on any atom is 0.217 e. The number of hydroxylamine groups is 2. The van der Waals surface area contributed by atoms with E-state index in [4.69, 9.17) is 0 Å². The fraction of sp³-hybridized carbons (Fsp3) is 0.909. The summed E-state index contributed by atoms with van der Waals surface area (Å²) in [4.78, 5) is 11.0. The van der Waals surface area contributed by atoms with Crippen molar-refractivity contribution in [2.75, 3.05) is 0 Å². The average molecular weight is 213 g/mol. The summed E-state index contributed by atoms with van der Waals surface area (Å²) in [7, 11) is 0. The summed E-state index contributed by atoms with van der Waals surface area (Å²) in [6, 6.07) is 0.109. The van der Waals surface area contributed by atoms with Crippen LogP contribution in [0, 0.1) is 0 Å². The predicted octanol–water partition coefficient (Wildman–Crippen LogP) is 1.49. The van der Waals surface area contributed by atoms with Crippen LogP contribution in [-0.4, -0.2) is 28.1 Å². The molecule has 1 rings (SSSR count). The van der Waals surface area contributed by atoms with E-state index in [9.17, 15) is 10.0 Å². The molecule has 4 nitrogen and oxygen atoms in total. The van der Waals surface area contributed by atoms with E-state index in [1.165, 1.54) is 6.92 Å². The molecule has 87 valence electrons. The molecule has 0 saturated carbocycles. The molecule has 1 saturated heterocycles. The fourth-order valence-electron chi connectivity index (χ4n) is 2.65. The quantitative estimate of drug-likeness (QED) is 0.717. The molecule has 1 fully saturated rings. The minimum atomic E-state index is -0.408. The number of amides is 1. The molecular formula is C11H21N2O2. The Morgan fingerprint density at radius 1 is 1.20 bits per heavy atom. The summed E-state index contributed by atoms with van der Waals surface area (Å²) in [5.74, 6) is -0.0223. The second kappa shape index (κ2) is 3.76. The van der Waals surface area contributed by atoms with Crippen LogP contribution in [0.1, 0.15) is 47.5 Å². The highest BCUT2D eigenvalue weighted by molar-refractivity contribution is 5.73. The number of carbonyl (C=O) groups excluding carboxylic acids is 1. The van der Waals surface area contributed by atoms with Crippen LogP contribution in [0.3, 0.4) is 0 Å². The van der Waals surface area contributed by atoms with Gasteiger partial charge in [-0.3, -0.25) is 4.79 Å². The van der Waals surface area contributed by atoms with Gasteiger partial charge in [0.2, 0.25) is 5.91 Å². The van der Waals surface area contributed by atoms with Gasteiger partial charge in [-0.1, -0.05) is 0 Å². The Morgan fingerprint density at radius 3 is 1.93 bits per heavy atom. The van der Waals surface area contributed by atoms with E-state index in [1.54, 1.807) is 0 Å². The first-order chi connectivity index (χ1) is 6.65. The number of rotatable bonds is 1. The monoisotopic (exact) mass is 213 g/mol. The molecule has 0 unspecified atom stereocenters. The summed E-state index contributed by atoms with van der Waals surface area (Å²) in [5.41, 5.74) is -0.816. The van der Waals surface area contributed by atoms with Crippen LogP contribution in [0.25, 0.3) is 0 Å². The Hall–Kier alpha value is -0.610. The Labute approximate surface area is 91.6 Å². The van der Waals surface area contributed by atoms with Gasteiger partial charge in [-0.05, 0) is 40.5 Å². The molecule has 1 aliphatic rings. The first kappa shape index (κ1) is 12.5. The Bertz CT molecular complexity index is 243. The van der Waals surface area contributed by atoms with Gasteiger partial charge >= 0.3 is 0 Å². The zero-order valence-corrected chi connectivity index (χ0v) is 10.3. The van der Waals surface area contributed by atoms with E-state index in [0.29, 0.717) is 12.8 Å². The zero-order valence-electron chi connectivity index (χ0n) is 10.3. The SMILES string of the molecule is CC(=O)NC1CC(C)(C)N([O])C(C)(C)C1. The van der Waals surface area contributed by atoms with Gasteiger partial charge < -0.3 is 5.32 Å². The molecule has 1 heterocycles. The Kier molecular flexibility index (Phi) is 3.12. The van der Waals surface area contributed by atoms with Crippen molar-refractivity contribution in [3.63, 3.8) is 0 Å². The van der Waals surface area contributed by atoms with Crippen molar-refractivity contribution < 1.29 is 10.0 Å². The number of hydrogen-bond donors (Lipinski definition) is 1. The third-order valence-electron chi connectivity index (χ3n) is 3.00. The van der Waals surface area contributed by atoms with Crippen LogP contribution >= 0.6 is 0 Å². The lowest BCUT2D eigenvalue weighted by Gasteiger charge is -2.49. The van der Waals surface area contributed by atoms with E-state index in [-0.39, 0.29) is 11.9 Å². The van der Waals surface area contributed by atoms with Crippen molar-refractivity contribution >= 4 is 5.91 Å². The number of hydrogen-bond acceptors (Lipinski definition) is 2. The molecule has 0 aromatic heterocycles. The fourth-order valence-corrected chi connectivity index (χ4v) is 2.65. The van der Waals surface area contributed by atoms with Gasteiger partial charge in [0.25, 0.3) is 0 Å². The third-order valence-corrected chi connectivity index (χ3v) is 3.00. The van der Waals surface area contributed by atoms with Crippen molar-refractivity contribution in [3.8, 4) is 0 Å². The van der Waals surface area contributed by atoms with Crippen LogP contribution in [0.2, 0.25) is 0 Å². The first-order valence-corrected chi connectivity index (χ1v) is 5.40. The van der Waals surface area contributed by atoms with Crippen LogP contribution < -0.4 is 5.32 Å². The van der Waals surface area contributed by atoms with E-state index < -0.39 is 11.1 Å². The maximum atomic E-state index is 12.0. The van der Waals surface area contributed by atoms with Crippen LogP contribution in [0.4, 0.5) is 0 Å². The van der Waals surface area contributed by atoms with E-state index in [0.717, 1.165) is 5.06 Å². The lowest BCUT2D eigenvalue weighted by atomic mass is 9.79. The van der Waals surface area contributed by atoms with Crippen molar-refractivity contribution in [3.05, 3.63) is 0 Å². The van der Waals surface area contributed by atoms with Gasteiger partial charge in [0.1, 0.15) is 0 Å². The molecule has 0 aliphatic carbocycles. The minimum Gasteiger partial charge on any atom is -0.353 e. The highest BCUT2D eigenvalue weighted by Crippen LogP contribution is 2.36. The van der Waals surface area contributed by atoms with E-state index in [1.807, 2.05) is 27.7 Å². The first-order valence-electron chi connectivity index (χ1n) is 5.40. The molecule has 1 amide bonds. The molecule has 1 N–H and O–H groups in total. The Morgan fingerprint density at radius 2 is 1.60 bits per heavy atom. The summed E-state index contributed by atoms with van der Waals surface area (Å²) < 4.78 is 0. The zero-order chi connectivity index (χ0) is 11.9. The maximum absolute atomic E-state index is 12.0. The normalized spacial score (nSPS) is 26.3. The molecule has 15 heavy (non-hydrogen) atoms. The highest BCUT2D eigenvalue weighted by Gasteiger charge is 2.46. The van der Waals surface area contributed by atoms with Gasteiger partial charge in [-0.25, -0.2) is 0 Å². The van der Waals surface area contributed by atoms with Crippen molar-refractivity contribution in [1.82, 2.24) is 10.4 Å². The minimum absolute atomic E-state index is 0.0223. The largest absolute Gasteiger partial charge is 0.353 e. The average Bonchev–Trinajstić information content (AvgIpc) is 1.97. The van der Waals surface area contributed by atoms with Crippen LogP contribution in [0.15, 0.2) is 0 Å². The predicted molar refractivity (Wildman–Crippen MR) is 57.5 cm³/mol. The number of carbonyl (C=O) groups is 1. The molecule has 0 aromatic rings. The van der Waals surface area contributed by atoms with Crippen LogP contribution in [-0.2, 0) is 10.0 Å². The third kappa shape index (κ3) is 2.69. The van der Waals surface area contributed by atoms with E-state index in [2.05, 4.69) is 5.32 Å². The molecule has 0 aromatic carbocycles. The second-order valence-electron chi connectivity index (χ2n) is 5.72. The van der Waals surface area contributed by atoms with Crippen LogP contribution in [0.5, 0.6) is 0 Å². The molecule has 1 radical (unpaired) electrons. The van der Waals surface area contributed by atoms with Gasteiger partial charge in [0, 0.05) is 24.0 Å². The number of nitrogens with one attached hydrogen (secondary N) is 1. The molecule has 0 bridgehead atoms.